The fraction of sp³-hybridized carbons (Fsp3) is 0.0435. The molecule has 0 amide bonds. The quantitative estimate of drug-likeness (QED) is 0.373. The largest absolute Gasteiger partial charge is 0.315 e. The molecule has 5 aromatic rings. The zero-order valence-electron chi connectivity index (χ0n) is 15.1. The molecule has 0 saturated heterocycles. The summed E-state index contributed by atoms with van der Waals surface area (Å²) in [6.45, 7) is 0. The molecule has 0 N–H and O–H groups in total. The lowest BCUT2D eigenvalue weighted by Gasteiger charge is -2.08. The van der Waals surface area contributed by atoms with Crippen LogP contribution < -0.4 is 0 Å². The van der Waals surface area contributed by atoms with Crippen LogP contribution in [0.5, 0.6) is 0 Å². The number of halogens is 1. The maximum Gasteiger partial charge on any atom is 0.175 e. The molecule has 138 valence electrons. The number of nitrogens with zero attached hydrogens (tertiary/aromatic N) is 1. The van der Waals surface area contributed by atoms with Crippen LogP contribution in [0.15, 0.2) is 83.9 Å². The van der Waals surface area contributed by atoms with E-state index in [1.807, 2.05) is 36.4 Å². The molecule has 0 aliphatic rings. The number of hydrogen-bond acceptors (Lipinski definition) is 2. The standard InChI is InChI=1S/C23H16ClNO2S/c1-28(26,27)19-11-7-15(8-12-19)21-20-4-2-3-16-13-14-25(22(16)20)23(21)17-5-9-18(24)10-6-17/h2-14H,1H3. The van der Waals surface area contributed by atoms with Gasteiger partial charge in [0.25, 0.3) is 0 Å². The van der Waals surface area contributed by atoms with E-state index in [0.717, 1.165) is 33.3 Å². The van der Waals surface area contributed by atoms with Gasteiger partial charge in [0, 0.05) is 33.8 Å². The van der Waals surface area contributed by atoms with Gasteiger partial charge < -0.3 is 4.40 Å². The molecule has 2 heterocycles. The van der Waals surface area contributed by atoms with Gasteiger partial charge in [0.2, 0.25) is 0 Å². The molecule has 5 heteroatoms. The Kier molecular flexibility index (Phi) is 3.76. The lowest BCUT2D eigenvalue weighted by atomic mass is 9.98. The van der Waals surface area contributed by atoms with E-state index in [1.165, 1.54) is 11.6 Å². The summed E-state index contributed by atoms with van der Waals surface area (Å²) in [5, 5.41) is 3.00. The number of aromatic nitrogens is 1. The predicted molar refractivity (Wildman–Crippen MR) is 115 cm³/mol. The third kappa shape index (κ3) is 2.60. The Bertz CT molecular complexity index is 1420. The fourth-order valence-electron chi connectivity index (χ4n) is 3.88. The molecule has 3 aromatic carbocycles. The SMILES string of the molecule is CS(=O)(=O)c1ccc(-c2c(-c3ccc(Cl)cc3)n3ccc4cccc2c43)cc1. The molecule has 0 bridgehead atoms. The second kappa shape index (κ2) is 6.09. The van der Waals surface area contributed by atoms with Gasteiger partial charge in [-0.2, -0.15) is 0 Å². The van der Waals surface area contributed by atoms with Crippen molar-refractivity contribution in [3.8, 4) is 22.4 Å². The number of benzene rings is 3. The predicted octanol–water partition coefficient (Wildman–Crippen LogP) is 5.92. The Morgan fingerprint density at radius 2 is 1.50 bits per heavy atom. The Morgan fingerprint density at radius 3 is 2.18 bits per heavy atom. The smallest absolute Gasteiger partial charge is 0.175 e. The first-order chi connectivity index (χ1) is 13.4. The molecule has 0 saturated carbocycles. The van der Waals surface area contributed by atoms with Crippen LogP contribution in [-0.4, -0.2) is 19.1 Å². The van der Waals surface area contributed by atoms with Gasteiger partial charge in [-0.25, -0.2) is 8.42 Å². The lowest BCUT2D eigenvalue weighted by molar-refractivity contribution is 0.602. The normalized spacial score (nSPS) is 12.2. The molecule has 2 aromatic heterocycles. The Morgan fingerprint density at radius 1 is 0.821 bits per heavy atom. The van der Waals surface area contributed by atoms with Crippen LogP contribution >= 0.6 is 11.6 Å². The van der Waals surface area contributed by atoms with E-state index >= 15 is 0 Å². The topological polar surface area (TPSA) is 38.5 Å². The molecular formula is C23H16ClNO2S. The van der Waals surface area contributed by atoms with Crippen LogP contribution in [0, 0.1) is 0 Å². The highest BCUT2D eigenvalue weighted by molar-refractivity contribution is 7.90. The summed E-state index contributed by atoms with van der Waals surface area (Å²) in [6.07, 6.45) is 3.30. The van der Waals surface area contributed by atoms with E-state index in [1.54, 1.807) is 12.1 Å². The minimum absolute atomic E-state index is 0.320. The van der Waals surface area contributed by atoms with Crippen LogP contribution in [0.2, 0.25) is 5.02 Å². The van der Waals surface area contributed by atoms with Crippen molar-refractivity contribution in [3.63, 3.8) is 0 Å². The minimum Gasteiger partial charge on any atom is -0.315 e. The zero-order valence-corrected chi connectivity index (χ0v) is 16.6. The molecule has 0 radical (unpaired) electrons. The van der Waals surface area contributed by atoms with Crippen molar-refractivity contribution in [2.75, 3.05) is 6.26 Å². The summed E-state index contributed by atoms with van der Waals surface area (Å²) >= 11 is 6.10. The van der Waals surface area contributed by atoms with E-state index in [-0.39, 0.29) is 0 Å². The molecule has 0 spiro atoms. The van der Waals surface area contributed by atoms with Crippen LogP contribution in [0.1, 0.15) is 0 Å². The monoisotopic (exact) mass is 405 g/mol. The first-order valence-corrected chi connectivity index (χ1v) is 11.1. The van der Waals surface area contributed by atoms with Crippen molar-refractivity contribution in [2.45, 2.75) is 4.90 Å². The molecule has 0 aliphatic carbocycles. The van der Waals surface area contributed by atoms with Crippen molar-refractivity contribution >= 4 is 37.7 Å². The summed E-state index contributed by atoms with van der Waals surface area (Å²) < 4.78 is 25.9. The third-order valence-electron chi connectivity index (χ3n) is 5.15. The van der Waals surface area contributed by atoms with Gasteiger partial charge in [0.15, 0.2) is 9.84 Å². The van der Waals surface area contributed by atoms with E-state index in [0.29, 0.717) is 9.92 Å². The van der Waals surface area contributed by atoms with Crippen LogP contribution in [0.3, 0.4) is 0 Å². The number of sulfone groups is 1. The highest BCUT2D eigenvalue weighted by Crippen LogP contribution is 2.42. The molecule has 0 fully saturated rings. The average Bonchev–Trinajstić information content (AvgIpc) is 3.25. The van der Waals surface area contributed by atoms with Crippen LogP contribution in [0.25, 0.3) is 38.7 Å². The third-order valence-corrected chi connectivity index (χ3v) is 6.53. The molecule has 0 unspecified atom stereocenters. The molecule has 5 rings (SSSR count). The highest BCUT2D eigenvalue weighted by atomic mass is 35.5. The Hall–Kier alpha value is -2.82. The van der Waals surface area contributed by atoms with E-state index < -0.39 is 9.84 Å². The first-order valence-electron chi connectivity index (χ1n) is 8.85. The van der Waals surface area contributed by atoms with Crippen LogP contribution in [0.4, 0.5) is 0 Å². The second-order valence-corrected chi connectivity index (χ2v) is 9.41. The molecule has 3 nitrogen and oxygen atoms in total. The van der Waals surface area contributed by atoms with Crippen molar-refractivity contribution in [2.24, 2.45) is 0 Å². The van der Waals surface area contributed by atoms with Crippen molar-refractivity contribution < 1.29 is 8.42 Å². The minimum atomic E-state index is -3.23. The van der Waals surface area contributed by atoms with Crippen molar-refractivity contribution in [3.05, 3.63) is 84.0 Å². The average molecular weight is 406 g/mol. The number of para-hydroxylation sites is 1. The maximum atomic E-state index is 11.8. The highest BCUT2D eigenvalue weighted by Gasteiger charge is 2.20. The number of rotatable bonds is 3. The zero-order chi connectivity index (χ0) is 19.5. The molecule has 0 aliphatic heterocycles. The van der Waals surface area contributed by atoms with Gasteiger partial charge in [-0.3, -0.25) is 0 Å². The molecule has 28 heavy (non-hydrogen) atoms. The first kappa shape index (κ1) is 17.3. The van der Waals surface area contributed by atoms with Gasteiger partial charge in [-0.15, -0.1) is 0 Å². The summed E-state index contributed by atoms with van der Waals surface area (Å²) in [6, 6.07) is 23.3. The van der Waals surface area contributed by atoms with Crippen molar-refractivity contribution in [1.29, 1.82) is 0 Å². The van der Waals surface area contributed by atoms with Gasteiger partial charge in [-0.1, -0.05) is 54.1 Å². The molecular weight excluding hydrogens is 390 g/mol. The lowest BCUT2D eigenvalue weighted by Crippen LogP contribution is -1.96. The van der Waals surface area contributed by atoms with E-state index in [2.05, 4.69) is 34.9 Å². The second-order valence-electron chi connectivity index (χ2n) is 6.96. The summed E-state index contributed by atoms with van der Waals surface area (Å²) in [5.41, 5.74) is 5.35. The molecule has 0 atom stereocenters. The summed E-state index contributed by atoms with van der Waals surface area (Å²) in [7, 11) is -3.23. The van der Waals surface area contributed by atoms with Crippen molar-refractivity contribution in [1.82, 2.24) is 4.40 Å². The maximum absolute atomic E-state index is 11.8. The van der Waals surface area contributed by atoms with Gasteiger partial charge in [0.1, 0.15) is 0 Å². The van der Waals surface area contributed by atoms with E-state index in [9.17, 15) is 8.42 Å². The summed E-state index contributed by atoms with van der Waals surface area (Å²) in [4.78, 5) is 0.320. The fourth-order valence-corrected chi connectivity index (χ4v) is 4.64. The van der Waals surface area contributed by atoms with Gasteiger partial charge in [-0.05, 0) is 41.5 Å². The summed E-state index contributed by atoms with van der Waals surface area (Å²) in [5.74, 6) is 0. The van der Waals surface area contributed by atoms with Gasteiger partial charge in [0.05, 0.1) is 16.1 Å². The number of hydrogen-bond donors (Lipinski definition) is 0. The Balaban J connectivity index is 1.85. The van der Waals surface area contributed by atoms with Gasteiger partial charge >= 0.3 is 0 Å². The Labute approximate surface area is 168 Å². The van der Waals surface area contributed by atoms with Crippen LogP contribution in [-0.2, 0) is 9.84 Å². The van der Waals surface area contributed by atoms with E-state index in [4.69, 9.17) is 11.6 Å².